The Bertz CT molecular complexity index is 224. The third kappa shape index (κ3) is 3.56. The molecule has 0 unspecified atom stereocenters. The topological polar surface area (TPSA) is 15.6 Å². The molecule has 0 spiro atoms. The van der Waals surface area contributed by atoms with Crippen LogP contribution >= 0.6 is 0 Å². The van der Waals surface area contributed by atoms with Crippen molar-refractivity contribution in [1.29, 1.82) is 0 Å². The van der Waals surface area contributed by atoms with Crippen LogP contribution < -0.4 is 0 Å². The molecule has 0 saturated heterocycles. The van der Waals surface area contributed by atoms with Gasteiger partial charge >= 0.3 is 0 Å². The zero-order valence-corrected chi connectivity index (χ0v) is 7.40. The van der Waals surface area contributed by atoms with Crippen LogP contribution in [0.4, 0.5) is 0 Å². The van der Waals surface area contributed by atoms with Crippen LogP contribution in [-0.4, -0.2) is 10.7 Å². The second-order valence-electron chi connectivity index (χ2n) is 2.03. The maximum atomic E-state index is 4.00. The first kappa shape index (κ1) is 10.4. The highest BCUT2D eigenvalue weighted by atomic mass is 15.1. The van der Waals surface area contributed by atoms with Crippen molar-refractivity contribution in [2.75, 3.05) is 0 Å². The fourth-order valence-corrected chi connectivity index (χ4v) is 0.653. The van der Waals surface area contributed by atoms with Crippen LogP contribution in [0.1, 0.15) is 6.92 Å². The molecule has 12 heavy (non-hydrogen) atoms. The Balaban J connectivity index is 4.43. The van der Waals surface area contributed by atoms with Crippen molar-refractivity contribution < 1.29 is 0 Å². The average molecular weight is 162 g/mol. The molecule has 0 aliphatic carbocycles. The van der Waals surface area contributed by atoms with Gasteiger partial charge in [0.1, 0.15) is 5.84 Å². The lowest BCUT2D eigenvalue weighted by Gasteiger charge is -2.12. The number of allylic oxidation sites excluding steroid dienone is 2. The Morgan fingerprint density at radius 3 is 2.42 bits per heavy atom. The summed E-state index contributed by atoms with van der Waals surface area (Å²) in [7, 11) is 0. The van der Waals surface area contributed by atoms with Crippen LogP contribution in [-0.2, 0) is 0 Å². The summed E-state index contributed by atoms with van der Waals surface area (Å²) < 4.78 is 0. The molecule has 0 heterocycles. The van der Waals surface area contributed by atoms with E-state index in [-0.39, 0.29) is 0 Å². The van der Waals surface area contributed by atoms with E-state index in [1.807, 2.05) is 19.2 Å². The fraction of sp³-hybridized carbons (Fsp3) is 0.100. The summed E-state index contributed by atoms with van der Waals surface area (Å²) in [5.41, 5.74) is 0. The average Bonchev–Trinajstić information content (AvgIpc) is 2.06. The van der Waals surface area contributed by atoms with Gasteiger partial charge in [0.05, 0.1) is 0 Å². The third-order valence-electron chi connectivity index (χ3n) is 1.23. The molecule has 0 aromatic heterocycles. The van der Waals surface area contributed by atoms with Crippen LogP contribution in [0.2, 0.25) is 0 Å². The lowest BCUT2D eigenvalue weighted by Crippen LogP contribution is -2.15. The third-order valence-corrected chi connectivity index (χ3v) is 1.23. The Labute approximate surface area is 73.9 Å². The molecule has 2 heteroatoms. The largest absolute Gasteiger partial charge is 0.313 e. The number of amidine groups is 1. The maximum absolute atomic E-state index is 4.00. The molecule has 0 aliphatic rings. The van der Waals surface area contributed by atoms with E-state index in [4.69, 9.17) is 0 Å². The Morgan fingerprint density at radius 1 is 1.33 bits per heavy atom. The molecule has 0 fully saturated rings. The van der Waals surface area contributed by atoms with Crippen LogP contribution in [0.25, 0.3) is 0 Å². The van der Waals surface area contributed by atoms with Gasteiger partial charge in [-0.15, -0.1) is 0 Å². The summed E-state index contributed by atoms with van der Waals surface area (Å²) in [5, 5.41) is 0. The first-order valence-corrected chi connectivity index (χ1v) is 3.61. The van der Waals surface area contributed by atoms with Gasteiger partial charge in [-0.1, -0.05) is 25.8 Å². The summed E-state index contributed by atoms with van der Waals surface area (Å²) in [6.07, 6.45) is 8.49. The molecular weight excluding hydrogens is 148 g/mol. The number of nitrogens with zero attached hydrogens (tertiary/aromatic N) is 2. The summed E-state index contributed by atoms with van der Waals surface area (Å²) in [6, 6.07) is 0. The number of rotatable bonds is 4. The molecule has 0 bridgehead atoms. The molecule has 0 atom stereocenters. The highest BCUT2D eigenvalue weighted by Crippen LogP contribution is 1.94. The number of hydrogen-bond donors (Lipinski definition) is 0. The van der Waals surface area contributed by atoms with Gasteiger partial charge in [-0.05, 0) is 13.0 Å². The molecule has 2 nitrogen and oxygen atoms in total. The minimum absolute atomic E-state index is 0.818. The zero-order valence-electron chi connectivity index (χ0n) is 7.40. The fourth-order valence-electron chi connectivity index (χ4n) is 0.653. The van der Waals surface area contributed by atoms with Gasteiger partial charge in [0, 0.05) is 18.6 Å². The molecule has 0 amide bonds. The molecule has 0 radical (unpaired) electrons. The van der Waals surface area contributed by atoms with Crippen molar-refractivity contribution >= 4 is 5.84 Å². The van der Waals surface area contributed by atoms with Gasteiger partial charge in [-0.25, -0.2) is 4.99 Å². The summed E-state index contributed by atoms with van der Waals surface area (Å²) >= 11 is 0. The predicted molar refractivity (Wildman–Crippen MR) is 54.7 cm³/mol. The first-order chi connectivity index (χ1) is 5.76. The van der Waals surface area contributed by atoms with E-state index in [1.54, 1.807) is 17.2 Å². The molecule has 0 rings (SSSR count). The molecule has 0 aliphatic heterocycles. The maximum Gasteiger partial charge on any atom is 0.109 e. The summed E-state index contributed by atoms with van der Waals surface area (Å²) in [6.45, 7) is 12.6. The predicted octanol–water partition coefficient (Wildman–Crippen LogP) is 2.69. The van der Waals surface area contributed by atoms with Crippen molar-refractivity contribution in [2.24, 2.45) is 4.99 Å². The van der Waals surface area contributed by atoms with Crippen LogP contribution in [0.15, 0.2) is 55.5 Å². The molecule has 64 valence electrons. The van der Waals surface area contributed by atoms with Gasteiger partial charge in [0.25, 0.3) is 0 Å². The molecule has 0 N–H and O–H groups in total. The Morgan fingerprint density at radius 2 is 2.00 bits per heavy atom. The molecule has 0 saturated carbocycles. The monoisotopic (exact) mass is 162 g/mol. The van der Waals surface area contributed by atoms with E-state index in [1.165, 1.54) is 6.20 Å². The zero-order chi connectivity index (χ0) is 9.40. The van der Waals surface area contributed by atoms with Crippen molar-refractivity contribution in [1.82, 2.24) is 4.90 Å². The van der Waals surface area contributed by atoms with E-state index in [9.17, 15) is 0 Å². The van der Waals surface area contributed by atoms with Crippen LogP contribution in [0, 0.1) is 0 Å². The number of hydrogen-bond acceptors (Lipinski definition) is 1. The SMILES string of the molecule is C=C/C=C\N(C=C)/C(C)=N\C=C. The molecule has 0 aromatic carbocycles. The van der Waals surface area contributed by atoms with Crippen molar-refractivity contribution in [3.05, 3.63) is 50.5 Å². The quantitative estimate of drug-likeness (QED) is 0.352. The van der Waals surface area contributed by atoms with E-state index in [0.29, 0.717) is 0 Å². The van der Waals surface area contributed by atoms with Crippen LogP contribution in [0.3, 0.4) is 0 Å². The highest BCUT2D eigenvalue weighted by Gasteiger charge is 1.94. The van der Waals surface area contributed by atoms with E-state index in [0.717, 1.165) is 5.84 Å². The normalized spacial score (nSPS) is 11.2. The highest BCUT2D eigenvalue weighted by molar-refractivity contribution is 5.82. The van der Waals surface area contributed by atoms with Crippen LogP contribution in [0.5, 0.6) is 0 Å². The second kappa shape index (κ2) is 6.16. The van der Waals surface area contributed by atoms with Crippen molar-refractivity contribution in [3.8, 4) is 0 Å². The van der Waals surface area contributed by atoms with E-state index < -0.39 is 0 Å². The van der Waals surface area contributed by atoms with Gasteiger partial charge in [0.2, 0.25) is 0 Å². The molecule has 0 aromatic rings. The van der Waals surface area contributed by atoms with Gasteiger partial charge in [-0.3, -0.25) is 0 Å². The standard InChI is InChI=1S/C10H14N2/c1-5-8-9-12(7-3)10(4)11-6-2/h5-9H,1-3H2,4H3/b9-8-,11-10-. The van der Waals surface area contributed by atoms with Gasteiger partial charge in [0.15, 0.2) is 0 Å². The van der Waals surface area contributed by atoms with E-state index >= 15 is 0 Å². The minimum atomic E-state index is 0.818. The smallest absolute Gasteiger partial charge is 0.109 e. The molecular formula is C10H14N2. The lowest BCUT2D eigenvalue weighted by atomic mass is 10.5. The Kier molecular flexibility index (Phi) is 5.35. The second-order valence-corrected chi connectivity index (χ2v) is 2.03. The first-order valence-electron chi connectivity index (χ1n) is 3.61. The Hall–Kier alpha value is -1.57. The van der Waals surface area contributed by atoms with Crippen molar-refractivity contribution in [2.45, 2.75) is 6.92 Å². The lowest BCUT2D eigenvalue weighted by molar-refractivity contribution is 0.755. The van der Waals surface area contributed by atoms with E-state index in [2.05, 4.69) is 24.7 Å². The summed E-state index contributed by atoms with van der Waals surface area (Å²) in [5.74, 6) is 0.818. The van der Waals surface area contributed by atoms with Crippen molar-refractivity contribution in [3.63, 3.8) is 0 Å². The van der Waals surface area contributed by atoms with Gasteiger partial charge in [-0.2, -0.15) is 0 Å². The minimum Gasteiger partial charge on any atom is -0.313 e. The number of aliphatic imine (C=N–C) groups is 1. The van der Waals surface area contributed by atoms with Gasteiger partial charge < -0.3 is 4.90 Å². The summed E-state index contributed by atoms with van der Waals surface area (Å²) in [4.78, 5) is 5.78.